The van der Waals surface area contributed by atoms with Crippen LogP contribution in [0.1, 0.15) is 32.8 Å². The molecule has 1 fully saturated rings. The van der Waals surface area contributed by atoms with Crippen molar-refractivity contribution in [3.63, 3.8) is 0 Å². The van der Waals surface area contributed by atoms with Gasteiger partial charge in [0.1, 0.15) is 11.5 Å². The zero-order valence-electron chi connectivity index (χ0n) is 11.6. The van der Waals surface area contributed by atoms with Crippen LogP contribution in [0, 0.1) is 0 Å². The highest BCUT2D eigenvalue weighted by Crippen LogP contribution is 2.48. The van der Waals surface area contributed by atoms with Crippen molar-refractivity contribution in [2.24, 2.45) is 0 Å². The Bertz CT molecular complexity index is 447. The fraction of sp³-hybridized carbons (Fsp3) is 0.571. The Hall–Kier alpha value is -0.830. The van der Waals surface area contributed by atoms with Crippen molar-refractivity contribution in [3.05, 3.63) is 23.8 Å². The van der Waals surface area contributed by atoms with E-state index in [-0.39, 0.29) is 23.0 Å². The van der Waals surface area contributed by atoms with Crippen molar-refractivity contribution < 1.29 is 19.3 Å². The predicted molar refractivity (Wildman–Crippen MR) is 75.7 cm³/mol. The Morgan fingerprint density at radius 2 is 2.11 bits per heavy atom. The van der Waals surface area contributed by atoms with Crippen LogP contribution in [0.4, 0.5) is 0 Å². The minimum absolute atomic E-state index is 0.0812. The molecule has 1 aromatic carbocycles. The van der Waals surface area contributed by atoms with E-state index in [1.54, 1.807) is 12.1 Å². The Morgan fingerprint density at radius 3 is 2.68 bits per heavy atom. The minimum Gasteiger partial charge on any atom is -0.508 e. The number of hydrogen-bond acceptors (Lipinski definition) is 4. The van der Waals surface area contributed by atoms with Crippen LogP contribution in [-0.4, -0.2) is 29.1 Å². The van der Waals surface area contributed by atoms with Crippen LogP contribution < -0.4 is 0 Å². The summed E-state index contributed by atoms with van der Waals surface area (Å²) in [5.41, 5.74) is 0.658. The third-order valence-electron chi connectivity index (χ3n) is 3.38. The third kappa shape index (κ3) is 3.59. The first-order chi connectivity index (χ1) is 8.88. The topological polar surface area (TPSA) is 58.9 Å². The quantitative estimate of drug-likeness (QED) is 0.831. The molecule has 19 heavy (non-hydrogen) atoms. The average molecular weight is 284 g/mol. The first kappa shape index (κ1) is 14.6. The number of rotatable bonds is 4. The zero-order chi connectivity index (χ0) is 14.0. The van der Waals surface area contributed by atoms with Crippen LogP contribution in [-0.2, 0) is 14.5 Å². The van der Waals surface area contributed by atoms with Gasteiger partial charge in [-0.2, -0.15) is 0 Å². The van der Waals surface area contributed by atoms with Crippen LogP contribution in [0.3, 0.4) is 0 Å². The number of aromatic hydroxyl groups is 2. The van der Waals surface area contributed by atoms with E-state index in [9.17, 15) is 10.2 Å². The van der Waals surface area contributed by atoms with Crippen LogP contribution >= 0.6 is 8.38 Å². The smallest absolute Gasteiger partial charge is 0.170 e. The molecule has 2 N–H and O–H groups in total. The second kappa shape index (κ2) is 5.66. The highest BCUT2D eigenvalue weighted by molar-refractivity contribution is 7.47. The molecule has 1 aliphatic rings. The van der Waals surface area contributed by atoms with Gasteiger partial charge in [0.15, 0.2) is 8.38 Å². The molecule has 1 saturated heterocycles. The zero-order valence-corrected chi connectivity index (χ0v) is 12.5. The Kier molecular flexibility index (Phi) is 4.34. The standard InChI is InChI=1S/C14H21O4P/c1-10-9-17-19(18-10)7-6-14(2,3)12-5-4-11(15)8-13(12)16/h4-5,8,10,15-16H,6-7,9H2,1-3H3. The molecule has 0 aromatic heterocycles. The molecule has 4 nitrogen and oxygen atoms in total. The van der Waals surface area contributed by atoms with Crippen LogP contribution in [0.15, 0.2) is 18.2 Å². The molecule has 0 spiro atoms. The van der Waals surface area contributed by atoms with Crippen LogP contribution in [0.2, 0.25) is 0 Å². The molecule has 1 aliphatic heterocycles. The minimum atomic E-state index is -0.786. The second-order valence-electron chi connectivity index (χ2n) is 5.60. The van der Waals surface area contributed by atoms with E-state index in [4.69, 9.17) is 9.05 Å². The summed E-state index contributed by atoms with van der Waals surface area (Å²) in [7, 11) is -0.786. The normalized spacial score (nSPS) is 23.7. The van der Waals surface area contributed by atoms with Crippen molar-refractivity contribution in [2.45, 2.75) is 38.7 Å². The maximum absolute atomic E-state index is 9.94. The molecular formula is C14H21O4P. The summed E-state index contributed by atoms with van der Waals surface area (Å²) in [5.74, 6) is 0.220. The van der Waals surface area contributed by atoms with E-state index >= 15 is 0 Å². The molecule has 1 heterocycles. The van der Waals surface area contributed by atoms with Crippen molar-refractivity contribution in [3.8, 4) is 11.5 Å². The second-order valence-corrected chi connectivity index (χ2v) is 7.19. The fourth-order valence-electron chi connectivity index (χ4n) is 2.16. The fourth-order valence-corrected chi connectivity index (χ4v) is 4.04. The molecule has 0 radical (unpaired) electrons. The van der Waals surface area contributed by atoms with Gasteiger partial charge in [0.2, 0.25) is 0 Å². The van der Waals surface area contributed by atoms with Gasteiger partial charge in [0.25, 0.3) is 0 Å². The van der Waals surface area contributed by atoms with E-state index in [1.807, 2.05) is 6.92 Å². The molecular weight excluding hydrogens is 263 g/mol. The summed E-state index contributed by atoms with van der Waals surface area (Å²) in [6.45, 7) is 6.84. The summed E-state index contributed by atoms with van der Waals surface area (Å²) >= 11 is 0. The molecule has 0 bridgehead atoms. The van der Waals surface area contributed by atoms with Gasteiger partial charge < -0.3 is 19.3 Å². The highest BCUT2D eigenvalue weighted by Gasteiger charge is 2.29. The lowest BCUT2D eigenvalue weighted by molar-refractivity contribution is 0.262. The van der Waals surface area contributed by atoms with E-state index in [0.29, 0.717) is 6.61 Å². The molecule has 0 aliphatic carbocycles. The van der Waals surface area contributed by atoms with Crippen molar-refractivity contribution in [2.75, 3.05) is 12.8 Å². The molecule has 106 valence electrons. The largest absolute Gasteiger partial charge is 0.508 e. The highest BCUT2D eigenvalue weighted by atomic mass is 31.2. The van der Waals surface area contributed by atoms with E-state index in [2.05, 4.69) is 13.8 Å². The Labute approximate surface area is 115 Å². The van der Waals surface area contributed by atoms with Gasteiger partial charge in [-0.15, -0.1) is 0 Å². The lowest BCUT2D eigenvalue weighted by Crippen LogP contribution is -2.18. The summed E-state index contributed by atoms with van der Waals surface area (Å²) in [5, 5.41) is 19.3. The van der Waals surface area contributed by atoms with Gasteiger partial charge >= 0.3 is 0 Å². The van der Waals surface area contributed by atoms with Crippen molar-refractivity contribution in [1.82, 2.24) is 0 Å². The SMILES string of the molecule is CC1COP(CCC(C)(C)c2ccc(O)cc2O)O1. The van der Waals surface area contributed by atoms with Crippen molar-refractivity contribution >= 4 is 8.38 Å². The van der Waals surface area contributed by atoms with E-state index in [1.165, 1.54) is 6.07 Å². The van der Waals surface area contributed by atoms with Gasteiger partial charge in [-0.05, 0) is 30.4 Å². The van der Waals surface area contributed by atoms with E-state index in [0.717, 1.165) is 18.1 Å². The lowest BCUT2D eigenvalue weighted by Gasteiger charge is -2.27. The number of hydrogen-bond donors (Lipinski definition) is 2. The maximum atomic E-state index is 9.94. The molecule has 2 rings (SSSR count). The van der Waals surface area contributed by atoms with Gasteiger partial charge in [0.05, 0.1) is 12.7 Å². The first-order valence-corrected chi connectivity index (χ1v) is 7.84. The molecule has 2 atom stereocenters. The maximum Gasteiger partial charge on any atom is 0.170 e. The summed E-state index contributed by atoms with van der Waals surface area (Å²) in [4.78, 5) is 0. The van der Waals surface area contributed by atoms with Crippen molar-refractivity contribution in [1.29, 1.82) is 0 Å². The average Bonchev–Trinajstić information content (AvgIpc) is 2.72. The monoisotopic (exact) mass is 284 g/mol. The van der Waals surface area contributed by atoms with Crippen LogP contribution in [0.25, 0.3) is 0 Å². The van der Waals surface area contributed by atoms with E-state index < -0.39 is 8.38 Å². The molecule has 0 saturated carbocycles. The summed E-state index contributed by atoms with van der Waals surface area (Å²) in [6, 6.07) is 4.76. The van der Waals surface area contributed by atoms with Gasteiger partial charge in [-0.25, -0.2) is 0 Å². The lowest BCUT2D eigenvalue weighted by atomic mass is 9.81. The predicted octanol–water partition coefficient (Wildman–Crippen LogP) is 3.51. The number of benzene rings is 1. The number of phenolic OH excluding ortho intramolecular Hbond substituents is 2. The van der Waals surface area contributed by atoms with Gasteiger partial charge in [-0.3, -0.25) is 0 Å². The van der Waals surface area contributed by atoms with Gasteiger partial charge in [-0.1, -0.05) is 19.9 Å². The summed E-state index contributed by atoms with van der Waals surface area (Å²) in [6.07, 6.45) is 1.91. The molecule has 0 amide bonds. The third-order valence-corrected chi connectivity index (χ3v) is 5.00. The molecule has 1 aromatic rings. The van der Waals surface area contributed by atoms with Gasteiger partial charge in [0, 0.05) is 12.2 Å². The Balaban J connectivity index is 2.01. The first-order valence-electron chi connectivity index (χ1n) is 6.48. The van der Waals surface area contributed by atoms with Crippen LogP contribution in [0.5, 0.6) is 11.5 Å². The Morgan fingerprint density at radius 1 is 1.37 bits per heavy atom. The molecule has 5 heteroatoms. The number of phenols is 2. The summed E-state index contributed by atoms with van der Waals surface area (Å²) < 4.78 is 11.3. The molecule has 2 unspecified atom stereocenters.